The van der Waals surface area contributed by atoms with E-state index in [0.29, 0.717) is 16.7 Å². The lowest BCUT2D eigenvalue weighted by atomic mass is 9.84. The second-order valence-electron chi connectivity index (χ2n) is 5.13. The first-order valence-corrected chi connectivity index (χ1v) is 7.10. The third-order valence-corrected chi connectivity index (χ3v) is 3.98. The molecular formula is C14H21N3S. The Bertz CT molecular complexity index is 396. The minimum absolute atomic E-state index is 0.349. The standard InChI is InChI=1S/C14H21N3S/c1-10(11-5-3-2-4-6-11)17-12-7-8-13(14(15)18)16-9-12/h7-11,17H,2-6H2,1H3,(H2,15,18). The summed E-state index contributed by atoms with van der Waals surface area (Å²) < 4.78 is 0. The molecule has 0 amide bonds. The predicted molar refractivity (Wildman–Crippen MR) is 79.8 cm³/mol. The minimum Gasteiger partial charge on any atom is -0.388 e. The molecule has 1 atom stereocenters. The summed E-state index contributed by atoms with van der Waals surface area (Å²) in [5.74, 6) is 0.786. The maximum atomic E-state index is 5.53. The first kappa shape index (κ1) is 13.3. The summed E-state index contributed by atoms with van der Waals surface area (Å²) in [6.45, 7) is 2.26. The lowest BCUT2D eigenvalue weighted by Crippen LogP contribution is -2.27. The highest BCUT2D eigenvalue weighted by Crippen LogP contribution is 2.27. The van der Waals surface area contributed by atoms with Gasteiger partial charge in [-0.3, -0.25) is 4.98 Å². The summed E-state index contributed by atoms with van der Waals surface area (Å²) in [5, 5.41) is 3.53. The third kappa shape index (κ3) is 3.42. The van der Waals surface area contributed by atoms with Gasteiger partial charge in [0.15, 0.2) is 0 Å². The fraction of sp³-hybridized carbons (Fsp3) is 0.571. The van der Waals surface area contributed by atoms with Crippen LogP contribution in [0.5, 0.6) is 0 Å². The van der Waals surface area contributed by atoms with Gasteiger partial charge in [0.25, 0.3) is 0 Å². The van der Waals surface area contributed by atoms with Gasteiger partial charge in [-0.15, -0.1) is 0 Å². The molecule has 0 spiro atoms. The summed E-state index contributed by atoms with van der Waals surface area (Å²) >= 11 is 4.89. The number of hydrogen-bond donors (Lipinski definition) is 2. The molecule has 1 unspecified atom stereocenters. The number of hydrogen-bond acceptors (Lipinski definition) is 3. The van der Waals surface area contributed by atoms with Gasteiger partial charge in [-0.2, -0.15) is 0 Å². The highest BCUT2D eigenvalue weighted by atomic mass is 32.1. The molecule has 98 valence electrons. The minimum atomic E-state index is 0.349. The molecule has 2 rings (SSSR count). The summed E-state index contributed by atoms with van der Waals surface area (Å²) in [5.41, 5.74) is 7.26. The highest BCUT2D eigenvalue weighted by molar-refractivity contribution is 7.80. The Balaban J connectivity index is 1.93. The molecule has 4 heteroatoms. The van der Waals surface area contributed by atoms with E-state index in [0.717, 1.165) is 11.6 Å². The van der Waals surface area contributed by atoms with Crippen molar-refractivity contribution in [1.29, 1.82) is 0 Å². The summed E-state index contributed by atoms with van der Waals surface area (Å²) in [7, 11) is 0. The van der Waals surface area contributed by atoms with Crippen LogP contribution in [0.3, 0.4) is 0 Å². The van der Waals surface area contributed by atoms with E-state index in [9.17, 15) is 0 Å². The van der Waals surface area contributed by atoms with Crippen LogP contribution in [0.4, 0.5) is 5.69 Å². The Morgan fingerprint density at radius 2 is 2.11 bits per heavy atom. The zero-order chi connectivity index (χ0) is 13.0. The fourth-order valence-corrected chi connectivity index (χ4v) is 2.76. The Kier molecular flexibility index (Phi) is 4.53. The molecule has 1 aromatic heterocycles. The number of pyridine rings is 1. The number of anilines is 1. The van der Waals surface area contributed by atoms with Gasteiger partial charge in [0.1, 0.15) is 4.99 Å². The van der Waals surface area contributed by atoms with Crippen LogP contribution >= 0.6 is 12.2 Å². The second kappa shape index (κ2) is 6.14. The van der Waals surface area contributed by atoms with Gasteiger partial charge < -0.3 is 11.1 Å². The highest BCUT2D eigenvalue weighted by Gasteiger charge is 2.19. The van der Waals surface area contributed by atoms with Crippen molar-refractivity contribution < 1.29 is 0 Å². The van der Waals surface area contributed by atoms with Gasteiger partial charge in [-0.25, -0.2) is 0 Å². The molecule has 3 N–H and O–H groups in total. The van der Waals surface area contributed by atoms with Crippen LogP contribution in [-0.4, -0.2) is 16.0 Å². The topological polar surface area (TPSA) is 50.9 Å². The maximum absolute atomic E-state index is 5.53. The van der Waals surface area contributed by atoms with E-state index in [-0.39, 0.29) is 0 Å². The van der Waals surface area contributed by atoms with E-state index in [1.807, 2.05) is 18.3 Å². The first-order valence-electron chi connectivity index (χ1n) is 6.69. The van der Waals surface area contributed by atoms with Gasteiger partial charge in [0, 0.05) is 6.04 Å². The van der Waals surface area contributed by atoms with Crippen molar-refractivity contribution in [1.82, 2.24) is 4.98 Å². The zero-order valence-electron chi connectivity index (χ0n) is 10.9. The Morgan fingerprint density at radius 3 is 2.67 bits per heavy atom. The first-order chi connectivity index (χ1) is 8.66. The molecule has 0 radical (unpaired) electrons. The molecule has 1 fully saturated rings. The number of nitrogens with one attached hydrogen (secondary N) is 1. The van der Waals surface area contributed by atoms with E-state index < -0.39 is 0 Å². The van der Waals surface area contributed by atoms with Crippen LogP contribution in [0.1, 0.15) is 44.7 Å². The van der Waals surface area contributed by atoms with Crippen LogP contribution in [0, 0.1) is 5.92 Å². The molecule has 0 saturated heterocycles. The monoisotopic (exact) mass is 263 g/mol. The quantitative estimate of drug-likeness (QED) is 0.820. The van der Waals surface area contributed by atoms with Crippen molar-refractivity contribution in [3.63, 3.8) is 0 Å². The zero-order valence-corrected chi connectivity index (χ0v) is 11.7. The second-order valence-corrected chi connectivity index (χ2v) is 5.57. The number of aromatic nitrogens is 1. The summed E-state index contributed by atoms with van der Waals surface area (Å²) in [6, 6.07) is 4.38. The van der Waals surface area contributed by atoms with Crippen molar-refractivity contribution in [3.05, 3.63) is 24.0 Å². The van der Waals surface area contributed by atoms with Crippen LogP contribution in [-0.2, 0) is 0 Å². The fourth-order valence-electron chi connectivity index (χ4n) is 2.64. The van der Waals surface area contributed by atoms with Gasteiger partial charge >= 0.3 is 0 Å². The Hall–Kier alpha value is -1.16. The molecule has 1 saturated carbocycles. The van der Waals surface area contributed by atoms with Gasteiger partial charge in [0.05, 0.1) is 17.6 Å². The number of nitrogens with zero attached hydrogens (tertiary/aromatic N) is 1. The van der Waals surface area contributed by atoms with Crippen molar-refractivity contribution in [2.45, 2.75) is 45.1 Å². The molecule has 1 heterocycles. The Labute approximate surface area is 114 Å². The van der Waals surface area contributed by atoms with E-state index in [2.05, 4.69) is 17.2 Å². The van der Waals surface area contributed by atoms with Crippen LogP contribution in [0.15, 0.2) is 18.3 Å². The molecule has 1 aliphatic rings. The molecular weight excluding hydrogens is 242 g/mol. The van der Waals surface area contributed by atoms with Crippen LogP contribution in [0.25, 0.3) is 0 Å². The van der Waals surface area contributed by atoms with Crippen molar-refractivity contribution in [2.24, 2.45) is 11.7 Å². The molecule has 18 heavy (non-hydrogen) atoms. The van der Waals surface area contributed by atoms with Crippen molar-refractivity contribution >= 4 is 22.9 Å². The van der Waals surface area contributed by atoms with E-state index >= 15 is 0 Å². The number of rotatable bonds is 4. The third-order valence-electron chi connectivity index (χ3n) is 3.77. The van der Waals surface area contributed by atoms with Crippen LogP contribution < -0.4 is 11.1 Å². The Morgan fingerprint density at radius 1 is 1.39 bits per heavy atom. The lowest BCUT2D eigenvalue weighted by molar-refractivity contribution is 0.328. The molecule has 1 aromatic rings. The smallest absolute Gasteiger partial charge is 0.122 e. The normalized spacial score (nSPS) is 18.3. The van der Waals surface area contributed by atoms with Gasteiger partial charge in [-0.1, -0.05) is 31.5 Å². The maximum Gasteiger partial charge on any atom is 0.122 e. The van der Waals surface area contributed by atoms with Crippen molar-refractivity contribution in [2.75, 3.05) is 5.32 Å². The predicted octanol–water partition coefficient (Wildman–Crippen LogP) is 3.10. The lowest BCUT2D eigenvalue weighted by Gasteiger charge is -2.28. The number of thiocarbonyl (C=S) groups is 1. The molecule has 3 nitrogen and oxygen atoms in total. The summed E-state index contributed by atoms with van der Waals surface area (Å²) in [4.78, 5) is 4.60. The largest absolute Gasteiger partial charge is 0.388 e. The average Bonchev–Trinajstić information content (AvgIpc) is 2.40. The molecule has 0 aromatic carbocycles. The van der Waals surface area contributed by atoms with Crippen molar-refractivity contribution in [3.8, 4) is 0 Å². The van der Waals surface area contributed by atoms with Gasteiger partial charge in [-0.05, 0) is 37.8 Å². The van der Waals surface area contributed by atoms with E-state index in [4.69, 9.17) is 18.0 Å². The van der Waals surface area contributed by atoms with E-state index in [1.165, 1.54) is 32.1 Å². The molecule has 0 bridgehead atoms. The number of nitrogens with two attached hydrogens (primary N) is 1. The SMILES string of the molecule is CC(Nc1ccc(C(N)=S)nc1)C1CCCCC1. The molecule has 0 aliphatic heterocycles. The van der Waals surface area contributed by atoms with Gasteiger partial charge in [0.2, 0.25) is 0 Å². The summed E-state index contributed by atoms with van der Waals surface area (Å²) in [6.07, 6.45) is 8.63. The van der Waals surface area contributed by atoms with E-state index in [1.54, 1.807) is 0 Å². The van der Waals surface area contributed by atoms with Crippen LogP contribution in [0.2, 0.25) is 0 Å². The average molecular weight is 263 g/mol. The molecule has 1 aliphatic carbocycles.